The minimum absolute atomic E-state index is 0.110. The van der Waals surface area contributed by atoms with Crippen LogP contribution in [0.25, 0.3) is 0 Å². The summed E-state index contributed by atoms with van der Waals surface area (Å²) in [5.74, 6) is -1.11. The van der Waals surface area contributed by atoms with Gasteiger partial charge >= 0.3 is 5.97 Å². The molecule has 2 saturated heterocycles. The van der Waals surface area contributed by atoms with Crippen molar-refractivity contribution in [2.24, 2.45) is 0 Å². The standard InChI is InChI=1S/C14H24N2O5/c1-14(2,20)9-15-5-7-16(8-6-15)12(17)10-3-4-11(21-10)13(18)19/h10-11,20H,3-9H2,1-2H3,(H,18,19)/t10-,11+/m0/s1. The number of nitrogens with zero attached hydrogens (tertiary/aromatic N) is 2. The quantitative estimate of drug-likeness (QED) is 0.730. The van der Waals surface area contributed by atoms with E-state index in [2.05, 4.69) is 4.90 Å². The molecular formula is C14H24N2O5. The second-order valence-corrected chi connectivity index (χ2v) is 6.44. The highest BCUT2D eigenvalue weighted by atomic mass is 16.5. The first kappa shape index (κ1) is 16.2. The number of carboxylic acid groups (broad SMARTS) is 1. The van der Waals surface area contributed by atoms with Crippen LogP contribution in [0.4, 0.5) is 0 Å². The van der Waals surface area contributed by atoms with E-state index >= 15 is 0 Å². The third kappa shape index (κ3) is 4.39. The van der Waals surface area contributed by atoms with Gasteiger partial charge in [0.05, 0.1) is 5.60 Å². The van der Waals surface area contributed by atoms with Crippen molar-refractivity contribution in [3.8, 4) is 0 Å². The van der Waals surface area contributed by atoms with E-state index in [1.165, 1.54) is 0 Å². The maximum absolute atomic E-state index is 12.3. The van der Waals surface area contributed by atoms with Crippen molar-refractivity contribution in [3.63, 3.8) is 0 Å². The summed E-state index contributed by atoms with van der Waals surface area (Å²) < 4.78 is 5.30. The molecule has 2 N–H and O–H groups in total. The molecule has 0 aromatic rings. The van der Waals surface area contributed by atoms with Crippen LogP contribution in [0.1, 0.15) is 26.7 Å². The van der Waals surface area contributed by atoms with Crippen LogP contribution in [0.15, 0.2) is 0 Å². The number of aliphatic carboxylic acids is 1. The van der Waals surface area contributed by atoms with Gasteiger partial charge in [0, 0.05) is 32.7 Å². The largest absolute Gasteiger partial charge is 0.479 e. The van der Waals surface area contributed by atoms with E-state index in [-0.39, 0.29) is 5.91 Å². The molecule has 0 aromatic heterocycles. The molecule has 0 saturated carbocycles. The number of carbonyl (C=O) groups is 2. The maximum Gasteiger partial charge on any atom is 0.332 e. The zero-order valence-electron chi connectivity index (χ0n) is 12.6. The molecule has 0 bridgehead atoms. The molecule has 0 aliphatic carbocycles. The summed E-state index contributed by atoms with van der Waals surface area (Å²) in [5.41, 5.74) is -0.741. The van der Waals surface area contributed by atoms with Crippen molar-refractivity contribution >= 4 is 11.9 Å². The lowest BCUT2D eigenvalue weighted by Crippen LogP contribution is -2.53. The fraction of sp³-hybridized carbons (Fsp3) is 0.857. The summed E-state index contributed by atoms with van der Waals surface area (Å²) in [6.45, 7) is 6.72. The lowest BCUT2D eigenvalue weighted by Gasteiger charge is -2.38. The second kappa shape index (κ2) is 6.29. The van der Waals surface area contributed by atoms with Gasteiger partial charge in [-0.2, -0.15) is 0 Å². The Labute approximate surface area is 124 Å². The van der Waals surface area contributed by atoms with E-state index in [1.807, 2.05) is 0 Å². The topological polar surface area (TPSA) is 90.3 Å². The number of β-amino-alcohol motifs (C(OH)–C–C–N with tert-alkyl or cyclic N) is 1. The minimum atomic E-state index is -1.000. The Bertz CT molecular complexity index is 399. The third-order valence-corrected chi connectivity index (χ3v) is 3.86. The van der Waals surface area contributed by atoms with Gasteiger partial charge in [-0.05, 0) is 26.7 Å². The zero-order valence-corrected chi connectivity index (χ0v) is 12.6. The number of rotatable bonds is 4. The summed E-state index contributed by atoms with van der Waals surface area (Å²) in [7, 11) is 0. The Balaban J connectivity index is 1.80. The SMILES string of the molecule is CC(C)(O)CN1CCN(C(=O)[C@@H]2CC[C@H](C(=O)O)O2)CC1. The molecule has 7 heteroatoms. The first-order valence-corrected chi connectivity index (χ1v) is 7.38. The molecule has 120 valence electrons. The molecule has 1 amide bonds. The monoisotopic (exact) mass is 300 g/mol. The fourth-order valence-corrected chi connectivity index (χ4v) is 2.88. The van der Waals surface area contributed by atoms with Crippen LogP contribution in [-0.4, -0.2) is 82.4 Å². The summed E-state index contributed by atoms with van der Waals surface area (Å²) in [6, 6.07) is 0. The second-order valence-electron chi connectivity index (χ2n) is 6.44. The van der Waals surface area contributed by atoms with Crippen LogP contribution < -0.4 is 0 Å². The van der Waals surface area contributed by atoms with Crippen LogP contribution in [0.5, 0.6) is 0 Å². The average molecular weight is 300 g/mol. The van der Waals surface area contributed by atoms with Gasteiger partial charge in [-0.1, -0.05) is 0 Å². The summed E-state index contributed by atoms with van der Waals surface area (Å²) >= 11 is 0. The van der Waals surface area contributed by atoms with E-state index in [0.717, 1.165) is 0 Å². The Morgan fingerprint density at radius 1 is 1.14 bits per heavy atom. The van der Waals surface area contributed by atoms with Crippen LogP contribution in [0, 0.1) is 0 Å². The van der Waals surface area contributed by atoms with Gasteiger partial charge < -0.3 is 19.8 Å². The van der Waals surface area contributed by atoms with Crippen LogP contribution in [0.2, 0.25) is 0 Å². The van der Waals surface area contributed by atoms with Gasteiger partial charge in [-0.15, -0.1) is 0 Å². The van der Waals surface area contributed by atoms with Crippen molar-refractivity contribution in [1.29, 1.82) is 0 Å². The molecule has 2 aliphatic heterocycles. The molecular weight excluding hydrogens is 276 g/mol. The molecule has 2 atom stereocenters. The van der Waals surface area contributed by atoms with E-state index in [1.54, 1.807) is 18.7 Å². The van der Waals surface area contributed by atoms with Gasteiger partial charge in [0.1, 0.15) is 6.10 Å². The van der Waals surface area contributed by atoms with Gasteiger partial charge in [0.2, 0.25) is 0 Å². The molecule has 21 heavy (non-hydrogen) atoms. The number of aliphatic hydroxyl groups is 1. The van der Waals surface area contributed by atoms with Crippen LogP contribution in [-0.2, 0) is 14.3 Å². The van der Waals surface area contributed by atoms with Gasteiger partial charge in [-0.3, -0.25) is 9.69 Å². The lowest BCUT2D eigenvalue weighted by atomic mass is 10.1. The van der Waals surface area contributed by atoms with Crippen molar-refractivity contribution < 1.29 is 24.5 Å². The van der Waals surface area contributed by atoms with Gasteiger partial charge in [0.25, 0.3) is 5.91 Å². The molecule has 0 spiro atoms. The van der Waals surface area contributed by atoms with Crippen molar-refractivity contribution in [2.45, 2.75) is 44.5 Å². The van der Waals surface area contributed by atoms with E-state index in [4.69, 9.17) is 9.84 Å². The highest BCUT2D eigenvalue weighted by Gasteiger charge is 2.37. The predicted molar refractivity (Wildman–Crippen MR) is 74.8 cm³/mol. The molecule has 2 heterocycles. The van der Waals surface area contributed by atoms with Crippen LogP contribution in [0.3, 0.4) is 0 Å². The maximum atomic E-state index is 12.3. The third-order valence-electron chi connectivity index (χ3n) is 3.86. The molecule has 2 fully saturated rings. The first-order chi connectivity index (χ1) is 9.76. The first-order valence-electron chi connectivity index (χ1n) is 7.38. The summed E-state index contributed by atoms with van der Waals surface area (Å²) in [5, 5.41) is 18.7. The number of amides is 1. The molecule has 0 radical (unpaired) electrons. The Morgan fingerprint density at radius 3 is 2.19 bits per heavy atom. The molecule has 2 rings (SSSR count). The van der Waals surface area contributed by atoms with Gasteiger partial charge in [-0.25, -0.2) is 4.79 Å². The van der Waals surface area contributed by atoms with Crippen molar-refractivity contribution in [1.82, 2.24) is 9.80 Å². The molecule has 0 aromatic carbocycles. The van der Waals surface area contributed by atoms with E-state index < -0.39 is 23.8 Å². The number of ether oxygens (including phenoxy) is 1. The average Bonchev–Trinajstić information content (AvgIpc) is 2.86. The number of carbonyl (C=O) groups excluding carboxylic acids is 1. The van der Waals surface area contributed by atoms with Gasteiger partial charge in [0.15, 0.2) is 6.10 Å². The molecule has 7 nitrogen and oxygen atoms in total. The molecule has 2 aliphatic rings. The highest BCUT2D eigenvalue weighted by molar-refractivity contribution is 5.82. The normalized spacial score (nSPS) is 27.9. The lowest BCUT2D eigenvalue weighted by molar-refractivity contribution is -0.155. The Morgan fingerprint density at radius 2 is 1.71 bits per heavy atom. The minimum Gasteiger partial charge on any atom is -0.479 e. The Hall–Kier alpha value is -1.18. The van der Waals surface area contributed by atoms with Crippen molar-refractivity contribution in [2.75, 3.05) is 32.7 Å². The zero-order chi connectivity index (χ0) is 15.6. The van der Waals surface area contributed by atoms with Crippen molar-refractivity contribution in [3.05, 3.63) is 0 Å². The summed E-state index contributed by atoms with van der Waals surface area (Å²) in [6.07, 6.45) is -0.605. The number of piperazine rings is 1. The highest BCUT2D eigenvalue weighted by Crippen LogP contribution is 2.22. The number of carboxylic acids is 1. The number of hydrogen-bond donors (Lipinski definition) is 2. The summed E-state index contributed by atoms with van der Waals surface area (Å²) in [4.78, 5) is 27.0. The van der Waals surface area contributed by atoms with E-state index in [0.29, 0.717) is 45.6 Å². The molecule has 0 unspecified atom stereocenters. The van der Waals surface area contributed by atoms with Crippen LogP contribution >= 0.6 is 0 Å². The Kier molecular flexibility index (Phi) is 4.85. The smallest absolute Gasteiger partial charge is 0.332 e. The van der Waals surface area contributed by atoms with E-state index in [9.17, 15) is 14.7 Å². The fourth-order valence-electron chi connectivity index (χ4n) is 2.88. The number of hydrogen-bond acceptors (Lipinski definition) is 5. The predicted octanol–water partition coefficient (Wildman–Crippen LogP) is -0.466.